The van der Waals surface area contributed by atoms with Gasteiger partial charge in [-0.3, -0.25) is 29.0 Å². The number of amides is 4. The predicted molar refractivity (Wildman–Crippen MR) is 119 cm³/mol. The second kappa shape index (κ2) is 7.05. The Morgan fingerprint density at radius 3 is 2.44 bits per heavy atom. The fourth-order valence-corrected chi connectivity index (χ4v) is 7.40. The highest BCUT2D eigenvalue weighted by Crippen LogP contribution is 2.66. The number of aromatic hydroxyl groups is 1. The van der Waals surface area contributed by atoms with Gasteiger partial charge in [-0.2, -0.15) is 0 Å². The number of phenolic OH excluding ortho intramolecular Hbond substituents is 1. The number of allylic oxidation sites excluding steroid dienone is 2. The average Bonchev–Trinajstić information content (AvgIpc) is 3.07. The third-order valence-electron chi connectivity index (χ3n) is 7.48. The van der Waals surface area contributed by atoms with E-state index < -0.39 is 45.2 Å². The van der Waals surface area contributed by atoms with E-state index in [0.717, 1.165) is 9.80 Å². The summed E-state index contributed by atoms with van der Waals surface area (Å²) >= 11 is 17.2. The first-order chi connectivity index (χ1) is 15.1. The highest BCUT2D eigenvalue weighted by Gasteiger charge is 2.76. The molecule has 1 aromatic rings. The quantitative estimate of drug-likeness (QED) is 0.269. The molecule has 1 saturated carbocycles. The molecule has 6 atom stereocenters. The van der Waals surface area contributed by atoms with Crippen LogP contribution in [0.2, 0.25) is 0 Å². The number of carbonyl (C=O) groups is 4. The van der Waals surface area contributed by atoms with Crippen molar-refractivity contribution in [3.05, 3.63) is 41.5 Å². The van der Waals surface area contributed by atoms with Gasteiger partial charge in [-0.15, -0.1) is 23.2 Å². The summed E-state index contributed by atoms with van der Waals surface area (Å²) in [7, 11) is 1.45. The lowest BCUT2D eigenvalue weighted by molar-refractivity contribution is -0.140. The lowest BCUT2D eigenvalue weighted by Gasteiger charge is -2.50. The van der Waals surface area contributed by atoms with Gasteiger partial charge < -0.3 is 5.11 Å². The zero-order valence-corrected chi connectivity index (χ0v) is 20.0. The summed E-state index contributed by atoms with van der Waals surface area (Å²) < 4.78 is 0. The Kier molecular flexibility index (Phi) is 4.83. The summed E-state index contributed by atoms with van der Waals surface area (Å²) in [5.41, 5.74) is 0.925. The van der Waals surface area contributed by atoms with Crippen molar-refractivity contribution in [1.29, 1.82) is 0 Å². The van der Waals surface area contributed by atoms with Gasteiger partial charge in [0.25, 0.3) is 11.8 Å². The number of rotatable bonds is 2. The molecule has 3 fully saturated rings. The molecular formula is C22H19BrCl2N2O5. The number of nitrogens with zero attached hydrogens (tertiary/aromatic N) is 2. The number of likely N-dealkylation sites (tertiary alicyclic amines) is 2. The van der Waals surface area contributed by atoms with E-state index in [1.807, 2.05) is 6.08 Å². The highest BCUT2D eigenvalue weighted by molar-refractivity contribution is 9.09. The minimum Gasteiger partial charge on any atom is -0.508 e. The maximum absolute atomic E-state index is 13.5. The van der Waals surface area contributed by atoms with Crippen molar-refractivity contribution >= 4 is 62.8 Å². The van der Waals surface area contributed by atoms with Crippen LogP contribution in [0.3, 0.4) is 0 Å². The Balaban J connectivity index is 1.77. The third kappa shape index (κ3) is 2.43. The van der Waals surface area contributed by atoms with Gasteiger partial charge in [-0.25, -0.2) is 0 Å². The van der Waals surface area contributed by atoms with Crippen molar-refractivity contribution in [2.24, 2.45) is 17.8 Å². The van der Waals surface area contributed by atoms with Gasteiger partial charge in [0.15, 0.2) is 9.75 Å². The first-order valence-corrected chi connectivity index (χ1v) is 12.1. The first-order valence-electron chi connectivity index (χ1n) is 10.2. The van der Waals surface area contributed by atoms with E-state index in [4.69, 9.17) is 23.2 Å². The highest BCUT2D eigenvalue weighted by atomic mass is 79.9. The van der Waals surface area contributed by atoms with Crippen LogP contribution in [0.5, 0.6) is 5.75 Å². The van der Waals surface area contributed by atoms with Crippen molar-refractivity contribution in [2.75, 3.05) is 12.5 Å². The second-order valence-electron chi connectivity index (χ2n) is 8.78. The number of phenols is 1. The Labute approximate surface area is 202 Å². The summed E-state index contributed by atoms with van der Waals surface area (Å²) in [6.07, 6.45) is 2.08. The second-order valence-corrected chi connectivity index (χ2v) is 10.5. The van der Waals surface area contributed by atoms with Crippen LogP contribution in [0.1, 0.15) is 24.3 Å². The fourth-order valence-electron chi connectivity index (χ4n) is 5.99. The molecule has 32 heavy (non-hydrogen) atoms. The molecular weight excluding hydrogens is 523 g/mol. The van der Waals surface area contributed by atoms with E-state index in [9.17, 15) is 24.3 Å². The van der Waals surface area contributed by atoms with Crippen LogP contribution >= 0.6 is 39.1 Å². The Morgan fingerprint density at radius 2 is 1.78 bits per heavy atom. The van der Waals surface area contributed by atoms with Crippen molar-refractivity contribution < 1.29 is 24.3 Å². The smallest absolute Gasteiger partial charge is 0.254 e. The maximum atomic E-state index is 13.5. The van der Waals surface area contributed by atoms with E-state index in [1.54, 1.807) is 18.2 Å². The van der Waals surface area contributed by atoms with Crippen molar-refractivity contribution in [2.45, 2.75) is 28.5 Å². The van der Waals surface area contributed by atoms with Crippen LogP contribution in [0.25, 0.3) is 0 Å². The monoisotopic (exact) mass is 540 g/mol. The van der Waals surface area contributed by atoms with Crippen LogP contribution in [-0.4, -0.2) is 60.8 Å². The molecule has 1 aromatic carbocycles. The molecule has 2 aliphatic carbocycles. The molecule has 2 aliphatic heterocycles. The SMILES string of the molecule is CN1C(=O)C2CC=C3C(CC4(Cl)C(=O)N(CBr)C(=O)C4(Cl)C3c3ccccc3O)C2C1=O. The number of imide groups is 2. The number of hydrogen-bond donors (Lipinski definition) is 1. The maximum Gasteiger partial charge on any atom is 0.254 e. The predicted octanol–water partition coefficient (Wildman–Crippen LogP) is 2.73. The molecule has 1 N–H and O–H groups in total. The topological polar surface area (TPSA) is 95.0 Å². The van der Waals surface area contributed by atoms with Gasteiger partial charge in [0, 0.05) is 18.5 Å². The Bertz CT molecular complexity index is 1130. The van der Waals surface area contributed by atoms with Gasteiger partial charge >= 0.3 is 0 Å². The molecule has 168 valence electrons. The lowest BCUT2D eigenvalue weighted by Crippen LogP contribution is -2.60. The number of alkyl halides is 3. The zero-order valence-electron chi connectivity index (χ0n) is 16.9. The van der Waals surface area contributed by atoms with E-state index >= 15 is 0 Å². The number of para-hydroxylation sites is 1. The standard InChI is InChI=1S/C22H19BrCl2N2O5/c1-26-17(29)12-7-6-10-13(15(12)18(26)30)8-21(24)19(31)27(9-23)20(32)22(21,25)16(10)11-4-2-3-5-14(11)28/h2-6,12-13,15-16,28H,7-9H2,1H3. The summed E-state index contributed by atoms with van der Waals surface area (Å²) in [5, 5.41) is 10.7. The number of hydrogen-bond acceptors (Lipinski definition) is 5. The fraction of sp³-hybridized carbons (Fsp3) is 0.455. The van der Waals surface area contributed by atoms with Gasteiger partial charge in [0.1, 0.15) is 5.75 Å². The van der Waals surface area contributed by atoms with Crippen LogP contribution in [0, 0.1) is 17.8 Å². The molecule has 4 amide bonds. The summed E-state index contributed by atoms with van der Waals surface area (Å²) in [4.78, 5) is 50.9. The summed E-state index contributed by atoms with van der Waals surface area (Å²) in [5.74, 6) is -4.76. The van der Waals surface area contributed by atoms with Crippen molar-refractivity contribution in [1.82, 2.24) is 9.80 Å². The molecule has 6 unspecified atom stereocenters. The number of benzene rings is 1. The Morgan fingerprint density at radius 1 is 1.09 bits per heavy atom. The molecule has 10 heteroatoms. The van der Waals surface area contributed by atoms with E-state index in [-0.39, 0.29) is 29.4 Å². The van der Waals surface area contributed by atoms with E-state index in [1.165, 1.54) is 13.1 Å². The molecule has 0 spiro atoms. The molecule has 0 aromatic heterocycles. The van der Waals surface area contributed by atoms with Gasteiger partial charge in [-0.05, 0) is 24.8 Å². The lowest BCUT2D eigenvalue weighted by atomic mass is 9.56. The minimum absolute atomic E-state index is 0.0594. The number of fused-ring (bicyclic) bond motifs is 4. The van der Waals surface area contributed by atoms with Gasteiger partial charge in [0.05, 0.1) is 17.3 Å². The van der Waals surface area contributed by atoms with Crippen LogP contribution in [-0.2, 0) is 19.2 Å². The first kappa shape index (κ1) is 21.9. The normalized spacial score (nSPS) is 38.6. The third-order valence-corrected chi connectivity index (χ3v) is 9.40. The van der Waals surface area contributed by atoms with Crippen molar-refractivity contribution in [3.8, 4) is 5.75 Å². The largest absolute Gasteiger partial charge is 0.508 e. The minimum atomic E-state index is -1.90. The summed E-state index contributed by atoms with van der Waals surface area (Å²) in [6, 6.07) is 6.45. The van der Waals surface area contributed by atoms with Crippen LogP contribution < -0.4 is 0 Å². The van der Waals surface area contributed by atoms with E-state index in [0.29, 0.717) is 17.6 Å². The molecule has 4 aliphatic rings. The number of halogens is 3. The molecule has 2 heterocycles. The van der Waals surface area contributed by atoms with E-state index in [2.05, 4.69) is 15.9 Å². The van der Waals surface area contributed by atoms with Crippen LogP contribution in [0.4, 0.5) is 0 Å². The molecule has 5 rings (SSSR count). The molecule has 2 saturated heterocycles. The molecule has 0 radical (unpaired) electrons. The van der Waals surface area contributed by atoms with Gasteiger partial charge in [0.2, 0.25) is 11.8 Å². The average molecular weight is 542 g/mol. The van der Waals surface area contributed by atoms with Crippen LogP contribution in [0.15, 0.2) is 35.9 Å². The summed E-state index contributed by atoms with van der Waals surface area (Å²) in [6.45, 7) is 0. The molecule has 0 bridgehead atoms. The van der Waals surface area contributed by atoms with Crippen molar-refractivity contribution in [3.63, 3.8) is 0 Å². The number of carbonyl (C=O) groups excluding carboxylic acids is 4. The molecule has 7 nitrogen and oxygen atoms in total. The van der Waals surface area contributed by atoms with Gasteiger partial charge in [-0.1, -0.05) is 45.8 Å². The zero-order chi connectivity index (χ0) is 23.2. The Hall–Kier alpha value is -1.90.